The van der Waals surface area contributed by atoms with Gasteiger partial charge in [0.15, 0.2) is 0 Å². The summed E-state index contributed by atoms with van der Waals surface area (Å²) >= 11 is 5.68. The lowest BCUT2D eigenvalue weighted by Gasteiger charge is -2.35. The number of amides is 2. The predicted octanol–water partition coefficient (Wildman–Crippen LogP) is 4.97. The van der Waals surface area contributed by atoms with Crippen LogP contribution in [0.3, 0.4) is 0 Å². The van der Waals surface area contributed by atoms with Gasteiger partial charge in [0.05, 0.1) is 34.4 Å². The van der Waals surface area contributed by atoms with Crippen molar-refractivity contribution in [2.45, 2.75) is 50.4 Å². The monoisotopic (exact) mass is 580 g/mol. The molecule has 2 heterocycles. The van der Waals surface area contributed by atoms with E-state index in [4.69, 9.17) is 11.6 Å². The third kappa shape index (κ3) is 4.85. The number of alkyl halides is 5. The number of carbonyl (C=O) groups is 2. The number of hydrogen-bond donors (Lipinski definition) is 1. The Morgan fingerprint density at radius 3 is 2.30 bits per heavy atom. The van der Waals surface area contributed by atoms with Crippen LogP contribution in [-0.4, -0.2) is 45.3 Å². The van der Waals surface area contributed by atoms with Crippen LogP contribution in [0.2, 0.25) is 5.02 Å². The molecular weight excluding hydrogens is 559 g/mol. The van der Waals surface area contributed by atoms with E-state index in [1.54, 1.807) is 6.92 Å². The van der Waals surface area contributed by atoms with E-state index in [1.807, 2.05) is 0 Å². The second kappa shape index (κ2) is 9.69. The molecule has 1 aliphatic carbocycles. The van der Waals surface area contributed by atoms with Crippen LogP contribution in [0, 0.1) is 0 Å². The zero-order valence-electron chi connectivity index (χ0n) is 21.2. The van der Waals surface area contributed by atoms with Crippen molar-refractivity contribution in [3.05, 3.63) is 91.6 Å². The largest absolute Gasteiger partial charge is 0.417 e. The number of aromatic nitrogens is 2. The lowest BCUT2D eigenvalue weighted by molar-refractivity contribution is -0.137. The molecule has 2 aliphatic rings. The minimum Gasteiger partial charge on any atom is -0.355 e. The van der Waals surface area contributed by atoms with Crippen molar-refractivity contribution >= 4 is 23.4 Å². The molecule has 1 N–H and O–H groups in total. The molecule has 7 nitrogen and oxygen atoms in total. The summed E-state index contributed by atoms with van der Waals surface area (Å²) in [6.45, 7) is 1.38. The van der Waals surface area contributed by atoms with E-state index in [0.717, 1.165) is 10.6 Å². The topological polar surface area (TPSA) is 84.3 Å². The van der Waals surface area contributed by atoms with Crippen molar-refractivity contribution in [3.63, 3.8) is 0 Å². The Balaban J connectivity index is 1.55. The summed E-state index contributed by atoms with van der Waals surface area (Å²) in [5.74, 6) is -5.70. The Kier molecular flexibility index (Phi) is 6.72. The Labute approximate surface area is 229 Å². The molecule has 40 heavy (non-hydrogen) atoms. The van der Waals surface area contributed by atoms with Gasteiger partial charge in [0.25, 0.3) is 23.3 Å². The van der Waals surface area contributed by atoms with Gasteiger partial charge in [0.2, 0.25) is 0 Å². The van der Waals surface area contributed by atoms with Gasteiger partial charge in [-0.1, -0.05) is 11.6 Å². The van der Waals surface area contributed by atoms with E-state index in [1.165, 1.54) is 42.3 Å². The standard InChI is InChI=1S/C27H22ClF5N4O3/c1-13-9-17-21(12-36(13)24(39)15-5-8-20(28)18(10-15)27(31,32)33)35-22(19-11-26(19,29)30)37(25(17)40)16-6-3-14(4-7-16)23(38)34-2/h3-8,10,13,19H,9,11-12H2,1-2H3,(H,34,38)/t13-,19+/m1/s1. The van der Waals surface area contributed by atoms with Crippen LogP contribution in [0.5, 0.6) is 0 Å². The third-order valence-corrected chi connectivity index (χ3v) is 7.50. The number of fused-ring (bicyclic) bond motifs is 1. The Bertz CT molecular complexity index is 1590. The Hall–Kier alpha value is -3.80. The van der Waals surface area contributed by atoms with Gasteiger partial charge in [-0.15, -0.1) is 0 Å². The summed E-state index contributed by atoms with van der Waals surface area (Å²) in [6, 6.07) is 8.05. The lowest BCUT2D eigenvalue weighted by atomic mass is 9.97. The van der Waals surface area contributed by atoms with Crippen molar-refractivity contribution in [2.24, 2.45) is 0 Å². The lowest BCUT2D eigenvalue weighted by Crippen LogP contribution is -2.46. The number of carbonyl (C=O) groups excluding carboxylic acids is 2. The highest BCUT2D eigenvalue weighted by Crippen LogP contribution is 2.55. The van der Waals surface area contributed by atoms with Crippen LogP contribution < -0.4 is 10.9 Å². The van der Waals surface area contributed by atoms with Crippen molar-refractivity contribution in [3.8, 4) is 5.69 Å². The molecule has 2 atom stereocenters. The van der Waals surface area contributed by atoms with Crippen LogP contribution >= 0.6 is 11.6 Å². The molecule has 0 radical (unpaired) electrons. The summed E-state index contributed by atoms with van der Waals surface area (Å²) in [5.41, 5.74) is -1.12. The molecule has 210 valence electrons. The van der Waals surface area contributed by atoms with Crippen LogP contribution in [0.4, 0.5) is 22.0 Å². The fourth-order valence-corrected chi connectivity index (χ4v) is 5.10. The molecule has 2 amide bonds. The predicted molar refractivity (Wildman–Crippen MR) is 135 cm³/mol. The molecule has 2 aromatic carbocycles. The summed E-state index contributed by atoms with van der Waals surface area (Å²) < 4.78 is 69.7. The highest BCUT2D eigenvalue weighted by molar-refractivity contribution is 6.31. The first-order valence-electron chi connectivity index (χ1n) is 12.3. The average Bonchev–Trinajstić information content (AvgIpc) is 3.55. The smallest absolute Gasteiger partial charge is 0.355 e. The van der Waals surface area contributed by atoms with Crippen LogP contribution in [-0.2, 0) is 19.1 Å². The van der Waals surface area contributed by atoms with Gasteiger partial charge in [0, 0.05) is 36.2 Å². The van der Waals surface area contributed by atoms with Crippen molar-refractivity contribution < 1.29 is 31.5 Å². The van der Waals surface area contributed by atoms with Crippen molar-refractivity contribution in [2.75, 3.05) is 7.05 Å². The maximum atomic E-state index is 14.2. The van der Waals surface area contributed by atoms with Gasteiger partial charge >= 0.3 is 6.18 Å². The Morgan fingerprint density at radius 1 is 1.10 bits per heavy atom. The van der Waals surface area contributed by atoms with E-state index in [0.29, 0.717) is 11.6 Å². The van der Waals surface area contributed by atoms with Crippen LogP contribution in [0.25, 0.3) is 5.69 Å². The fraction of sp³-hybridized carbons (Fsp3) is 0.333. The molecule has 0 spiro atoms. The highest BCUT2D eigenvalue weighted by Gasteiger charge is 2.60. The molecule has 0 saturated heterocycles. The first-order valence-corrected chi connectivity index (χ1v) is 12.6. The number of nitrogens with one attached hydrogen (secondary N) is 1. The van der Waals surface area contributed by atoms with Gasteiger partial charge in [0.1, 0.15) is 5.82 Å². The van der Waals surface area contributed by atoms with E-state index < -0.39 is 52.5 Å². The second-order valence-corrected chi connectivity index (χ2v) is 10.3. The minimum absolute atomic E-state index is 0.00425. The average molecular weight is 581 g/mol. The fourth-order valence-electron chi connectivity index (χ4n) is 4.87. The first kappa shape index (κ1) is 27.8. The van der Waals surface area contributed by atoms with E-state index >= 15 is 0 Å². The number of halogens is 6. The van der Waals surface area contributed by atoms with Crippen molar-refractivity contribution in [1.29, 1.82) is 0 Å². The van der Waals surface area contributed by atoms with Gasteiger partial charge in [-0.3, -0.25) is 19.0 Å². The van der Waals surface area contributed by atoms with E-state index in [-0.39, 0.29) is 47.2 Å². The SMILES string of the molecule is CNC(=O)c1ccc(-n2c([C@@H]3CC3(F)F)nc3c(c2=O)C[C@@H](C)N(C(=O)c2ccc(Cl)c(C(F)(F)F)c2)C3)cc1. The molecule has 1 saturated carbocycles. The minimum atomic E-state index is -4.77. The molecule has 13 heteroatoms. The summed E-state index contributed by atoms with van der Waals surface area (Å²) in [5, 5.41) is 1.92. The van der Waals surface area contributed by atoms with Gasteiger partial charge in [-0.05, 0) is 55.8 Å². The van der Waals surface area contributed by atoms with Crippen LogP contribution in [0.1, 0.15) is 62.6 Å². The summed E-state index contributed by atoms with van der Waals surface area (Å²) in [6.07, 6.45) is -5.29. The maximum absolute atomic E-state index is 14.2. The maximum Gasteiger partial charge on any atom is 0.417 e. The molecule has 1 fully saturated rings. The quantitative estimate of drug-likeness (QED) is 0.442. The molecule has 1 aromatic heterocycles. The molecule has 5 rings (SSSR count). The highest BCUT2D eigenvalue weighted by atomic mass is 35.5. The normalized spacial score (nSPS) is 19.6. The summed E-state index contributed by atoms with van der Waals surface area (Å²) in [4.78, 5) is 44.6. The van der Waals surface area contributed by atoms with E-state index in [9.17, 15) is 36.3 Å². The Morgan fingerprint density at radius 2 is 1.73 bits per heavy atom. The van der Waals surface area contributed by atoms with Crippen molar-refractivity contribution in [1.82, 2.24) is 19.8 Å². The molecule has 0 unspecified atom stereocenters. The first-order chi connectivity index (χ1) is 18.7. The molecular formula is C27H22ClF5N4O3. The number of hydrogen-bond acceptors (Lipinski definition) is 4. The van der Waals surface area contributed by atoms with E-state index in [2.05, 4.69) is 10.3 Å². The third-order valence-electron chi connectivity index (χ3n) is 7.17. The van der Waals surface area contributed by atoms with Crippen LogP contribution in [0.15, 0.2) is 47.3 Å². The zero-order chi connectivity index (χ0) is 29.1. The van der Waals surface area contributed by atoms with Gasteiger partial charge in [-0.25, -0.2) is 13.8 Å². The van der Waals surface area contributed by atoms with Gasteiger partial charge in [-0.2, -0.15) is 13.2 Å². The molecule has 3 aromatic rings. The molecule has 0 bridgehead atoms. The van der Waals surface area contributed by atoms with Gasteiger partial charge < -0.3 is 10.2 Å². The second-order valence-electron chi connectivity index (χ2n) is 9.86. The molecule has 1 aliphatic heterocycles. The zero-order valence-corrected chi connectivity index (χ0v) is 21.9. The number of nitrogens with zero attached hydrogens (tertiary/aromatic N) is 3. The number of rotatable bonds is 4. The number of benzene rings is 2. The summed E-state index contributed by atoms with van der Waals surface area (Å²) in [7, 11) is 1.46.